The first-order valence-corrected chi connectivity index (χ1v) is 12.5. The number of nitrogens with one attached hydrogen (secondary N) is 1. The maximum absolute atomic E-state index is 12.7. The average molecular weight is 494 g/mol. The van der Waals surface area contributed by atoms with Crippen LogP contribution in [0.3, 0.4) is 0 Å². The first kappa shape index (κ1) is 21.9. The van der Waals surface area contributed by atoms with Gasteiger partial charge in [0.25, 0.3) is 5.91 Å². The molecule has 1 aromatic heterocycles. The highest BCUT2D eigenvalue weighted by atomic mass is 32.2. The number of benzene rings is 2. The number of carboxylic acids is 1. The van der Waals surface area contributed by atoms with E-state index in [-0.39, 0.29) is 32.8 Å². The van der Waals surface area contributed by atoms with Crippen LogP contribution in [0.5, 0.6) is 0 Å². The van der Waals surface area contributed by atoms with Crippen LogP contribution in [0, 0.1) is 5.41 Å². The molecule has 11 heteroatoms. The average Bonchev–Trinajstić information content (AvgIpc) is 3.39. The third-order valence-corrected chi connectivity index (χ3v) is 7.35. The van der Waals surface area contributed by atoms with E-state index in [0.717, 1.165) is 18.0 Å². The van der Waals surface area contributed by atoms with Crippen LogP contribution in [0.15, 0.2) is 79.4 Å². The lowest BCUT2D eigenvalue weighted by Crippen LogP contribution is -2.39. The molecule has 2 aliphatic heterocycles. The number of aliphatic imine (C=N–C) groups is 1. The van der Waals surface area contributed by atoms with Crippen LogP contribution in [0.1, 0.15) is 16.1 Å². The summed E-state index contributed by atoms with van der Waals surface area (Å²) in [5, 5.41) is 18.3. The Balaban J connectivity index is 1.51. The predicted octanol–water partition coefficient (Wildman–Crippen LogP) is 3.92. The van der Waals surface area contributed by atoms with E-state index < -0.39 is 21.7 Å². The van der Waals surface area contributed by atoms with Crippen molar-refractivity contribution in [3.05, 3.63) is 71.5 Å². The first-order valence-electron chi connectivity index (χ1n) is 9.82. The molecule has 0 aliphatic carbocycles. The number of amidine groups is 2. The number of carboxylic acid groups (broad SMARTS) is 1. The van der Waals surface area contributed by atoms with Crippen LogP contribution in [-0.2, 0) is 14.6 Å². The van der Waals surface area contributed by atoms with Gasteiger partial charge in [0.15, 0.2) is 15.0 Å². The fraction of sp³-hybridized carbons (Fsp3) is 0.0435. The van der Waals surface area contributed by atoms with Gasteiger partial charge < -0.3 is 9.52 Å². The van der Waals surface area contributed by atoms with Crippen molar-refractivity contribution in [1.82, 2.24) is 0 Å². The number of furan rings is 1. The Morgan fingerprint density at radius 3 is 2.68 bits per heavy atom. The second-order valence-corrected chi connectivity index (χ2v) is 10.5. The van der Waals surface area contributed by atoms with Gasteiger partial charge in [-0.15, -0.1) is 0 Å². The predicted molar refractivity (Wildman–Crippen MR) is 127 cm³/mol. The number of nitrogens with zero attached hydrogens (tertiary/aromatic N) is 2. The highest BCUT2D eigenvalue weighted by molar-refractivity contribution is 8.15. The number of aromatic carboxylic acids is 1. The van der Waals surface area contributed by atoms with E-state index in [2.05, 4.69) is 4.99 Å². The highest BCUT2D eigenvalue weighted by Crippen LogP contribution is 2.44. The summed E-state index contributed by atoms with van der Waals surface area (Å²) in [7, 11) is -3.41. The number of amides is 1. The van der Waals surface area contributed by atoms with Gasteiger partial charge in [0.05, 0.1) is 21.7 Å². The van der Waals surface area contributed by atoms with E-state index in [9.17, 15) is 23.1 Å². The molecule has 0 spiro atoms. The summed E-state index contributed by atoms with van der Waals surface area (Å²) in [6.07, 6.45) is 2.49. The minimum absolute atomic E-state index is 0.0168. The van der Waals surface area contributed by atoms with E-state index in [1.807, 2.05) is 0 Å². The van der Waals surface area contributed by atoms with Crippen LogP contribution in [-0.4, -0.2) is 42.7 Å². The second kappa shape index (κ2) is 7.82. The maximum atomic E-state index is 12.7. The van der Waals surface area contributed by atoms with Crippen molar-refractivity contribution in [2.45, 2.75) is 9.79 Å². The molecule has 0 atom stereocenters. The normalized spacial score (nSPS) is 16.4. The molecule has 1 amide bonds. The fourth-order valence-corrected chi connectivity index (χ4v) is 5.41. The van der Waals surface area contributed by atoms with Crippen molar-refractivity contribution in [2.24, 2.45) is 4.99 Å². The van der Waals surface area contributed by atoms with Gasteiger partial charge in [-0.3, -0.25) is 15.1 Å². The van der Waals surface area contributed by atoms with E-state index in [0.29, 0.717) is 21.9 Å². The lowest BCUT2D eigenvalue weighted by atomic mass is 10.1. The monoisotopic (exact) mass is 493 g/mol. The molecule has 34 heavy (non-hydrogen) atoms. The van der Waals surface area contributed by atoms with Crippen LogP contribution < -0.4 is 4.90 Å². The Bertz CT molecular complexity index is 1580. The summed E-state index contributed by atoms with van der Waals surface area (Å²) in [5.41, 5.74) is 0.995. The summed E-state index contributed by atoms with van der Waals surface area (Å²) in [4.78, 5) is 30.5. The topological polar surface area (TPSA) is 141 Å². The number of hydrogen-bond donors (Lipinski definition) is 2. The largest absolute Gasteiger partial charge is 0.478 e. The summed E-state index contributed by atoms with van der Waals surface area (Å²) < 4.78 is 29.5. The third kappa shape index (κ3) is 3.64. The molecule has 0 bridgehead atoms. The smallest absolute Gasteiger partial charge is 0.336 e. The zero-order valence-corrected chi connectivity index (χ0v) is 19.1. The molecular formula is C23H15N3O6S2. The number of sulfone groups is 1. The van der Waals surface area contributed by atoms with E-state index in [1.165, 1.54) is 29.2 Å². The number of rotatable bonds is 4. The summed E-state index contributed by atoms with van der Waals surface area (Å²) in [5.74, 6) is -1.30. The third-order valence-electron chi connectivity index (χ3n) is 5.24. The van der Waals surface area contributed by atoms with Crippen molar-refractivity contribution in [1.29, 1.82) is 5.41 Å². The molecule has 0 saturated heterocycles. The van der Waals surface area contributed by atoms with Gasteiger partial charge in [-0.25, -0.2) is 13.2 Å². The molecule has 0 saturated carbocycles. The fourth-order valence-electron chi connectivity index (χ4n) is 3.63. The molecule has 2 aromatic carbocycles. The summed E-state index contributed by atoms with van der Waals surface area (Å²) in [6, 6.07) is 14.1. The van der Waals surface area contributed by atoms with Gasteiger partial charge in [-0.2, -0.15) is 4.99 Å². The highest BCUT2D eigenvalue weighted by Gasteiger charge is 2.38. The minimum Gasteiger partial charge on any atom is -0.478 e. The minimum atomic E-state index is -3.41. The Hall–Kier alpha value is -3.96. The quantitative estimate of drug-likeness (QED) is 0.521. The van der Waals surface area contributed by atoms with Gasteiger partial charge in [-0.1, -0.05) is 18.2 Å². The molecule has 9 nitrogen and oxygen atoms in total. The van der Waals surface area contributed by atoms with E-state index >= 15 is 0 Å². The molecule has 2 N–H and O–H groups in total. The zero-order valence-electron chi connectivity index (χ0n) is 17.5. The van der Waals surface area contributed by atoms with E-state index in [1.54, 1.807) is 36.4 Å². The Labute approximate surface area is 197 Å². The molecular weight excluding hydrogens is 478 g/mol. The number of hydrogen-bond acceptors (Lipinski definition) is 7. The van der Waals surface area contributed by atoms with Crippen LogP contribution >= 0.6 is 11.8 Å². The Morgan fingerprint density at radius 1 is 1.18 bits per heavy atom. The lowest BCUT2D eigenvalue weighted by molar-refractivity contribution is -0.113. The number of fused-ring (bicyclic) bond motifs is 3. The van der Waals surface area contributed by atoms with Gasteiger partial charge in [-0.05, 0) is 54.2 Å². The molecule has 0 fully saturated rings. The number of thioether (sulfide) groups is 1. The standard InChI is InChI=1S/C23H15N3O6S2/c1-34(30,31)13-7-8-17-19(11-13)33-23-25-21(27)16(20(24)26(17)23)10-12-6-9-18(32-12)14-4-2-3-5-15(14)22(28)29/h2-11,24H,1H3,(H,28,29). The lowest BCUT2D eigenvalue weighted by Gasteiger charge is -2.24. The van der Waals surface area contributed by atoms with Crippen molar-refractivity contribution < 1.29 is 27.5 Å². The van der Waals surface area contributed by atoms with Gasteiger partial charge in [0.2, 0.25) is 0 Å². The number of anilines is 1. The number of carbonyl (C=O) groups is 2. The van der Waals surface area contributed by atoms with Gasteiger partial charge in [0.1, 0.15) is 17.4 Å². The Kier molecular flexibility index (Phi) is 5.03. The summed E-state index contributed by atoms with van der Waals surface area (Å²) in [6.45, 7) is 0. The molecule has 2 aliphatic rings. The summed E-state index contributed by atoms with van der Waals surface area (Å²) >= 11 is 1.12. The van der Waals surface area contributed by atoms with Crippen LogP contribution in [0.4, 0.5) is 5.69 Å². The first-order chi connectivity index (χ1) is 16.1. The van der Waals surface area contributed by atoms with Gasteiger partial charge >= 0.3 is 5.97 Å². The van der Waals surface area contributed by atoms with Crippen LogP contribution in [0.2, 0.25) is 0 Å². The van der Waals surface area contributed by atoms with Crippen molar-refractivity contribution >= 4 is 56.2 Å². The zero-order chi connectivity index (χ0) is 24.2. The van der Waals surface area contributed by atoms with Crippen LogP contribution in [0.25, 0.3) is 17.4 Å². The van der Waals surface area contributed by atoms with Gasteiger partial charge in [0, 0.05) is 16.7 Å². The van der Waals surface area contributed by atoms with Crippen molar-refractivity contribution in [2.75, 3.05) is 11.2 Å². The van der Waals surface area contributed by atoms with Crippen molar-refractivity contribution in [3.8, 4) is 11.3 Å². The maximum Gasteiger partial charge on any atom is 0.336 e. The van der Waals surface area contributed by atoms with E-state index in [4.69, 9.17) is 9.83 Å². The Morgan fingerprint density at radius 2 is 1.94 bits per heavy atom. The van der Waals surface area contributed by atoms with Crippen molar-refractivity contribution in [3.63, 3.8) is 0 Å². The number of carbonyl (C=O) groups excluding carboxylic acids is 1. The molecule has 3 aromatic rings. The molecule has 0 radical (unpaired) electrons. The molecule has 5 rings (SSSR count). The second-order valence-electron chi connectivity index (χ2n) is 7.50. The SMILES string of the molecule is CS(=O)(=O)c1ccc2c(c1)SC1=NC(=O)C(=Cc3ccc(-c4ccccc4C(=O)O)o3)C(=N)N12. The molecule has 170 valence electrons. The molecule has 0 unspecified atom stereocenters. The molecule has 3 heterocycles.